The molecule has 5 N–H and O–H groups in total. The molecule has 7 nitrogen and oxygen atoms in total. The normalized spacial score (nSPS) is 9.95. The molecule has 2 rings (SSSR count). The SMILES string of the molecule is C=CCOc1ccc(-c2cc(C(=O)NN)nc(N)n2)cc1. The third kappa shape index (κ3) is 3.54. The second kappa shape index (κ2) is 6.49. The lowest BCUT2D eigenvalue weighted by Crippen LogP contribution is -2.31. The quantitative estimate of drug-likeness (QED) is 0.325. The van der Waals surface area contributed by atoms with Crippen LogP contribution >= 0.6 is 0 Å². The number of anilines is 1. The minimum absolute atomic E-state index is 0.00177. The van der Waals surface area contributed by atoms with Crippen LogP contribution in [0.25, 0.3) is 11.3 Å². The van der Waals surface area contributed by atoms with E-state index in [1.807, 2.05) is 17.6 Å². The monoisotopic (exact) mass is 285 g/mol. The van der Waals surface area contributed by atoms with E-state index in [0.29, 0.717) is 18.1 Å². The molecule has 0 aliphatic carbocycles. The van der Waals surface area contributed by atoms with Crippen LogP contribution in [0.5, 0.6) is 5.75 Å². The van der Waals surface area contributed by atoms with Crippen LogP contribution in [-0.2, 0) is 0 Å². The Labute approximate surface area is 121 Å². The summed E-state index contributed by atoms with van der Waals surface area (Å²) < 4.78 is 5.39. The minimum atomic E-state index is -0.531. The van der Waals surface area contributed by atoms with Gasteiger partial charge < -0.3 is 10.5 Å². The molecule has 0 bridgehead atoms. The van der Waals surface area contributed by atoms with Crippen LogP contribution in [0.2, 0.25) is 0 Å². The van der Waals surface area contributed by atoms with E-state index in [-0.39, 0.29) is 11.6 Å². The van der Waals surface area contributed by atoms with Crippen molar-refractivity contribution in [3.63, 3.8) is 0 Å². The predicted octanol–water partition coefficient (Wildman–Crippen LogP) is 0.894. The molecule has 0 radical (unpaired) electrons. The Morgan fingerprint density at radius 2 is 2.05 bits per heavy atom. The van der Waals surface area contributed by atoms with Crippen LogP contribution in [0.4, 0.5) is 5.95 Å². The molecule has 0 fully saturated rings. The highest BCUT2D eigenvalue weighted by Crippen LogP contribution is 2.22. The summed E-state index contributed by atoms with van der Waals surface area (Å²) in [6.45, 7) is 4.01. The Kier molecular flexibility index (Phi) is 4.47. The van der Waals surface area contributed by atoms with Gasteiger partial charge in [-0.3, -0.25) is 10.2 Å². The average Bonchev–Trinajstić information content (AvgIpc) is 2.52. The lowest BCUT2D eigenvalue weighted by Gasteiger charge is -2.07. The number of aromatic nitrogens is 2. The number of nitrogens with one attached hydrogen (secondary N) is 1. The molecular formula is C14H15N5O2. The van der Waals surface area contributed by atoms with Crippen LogP contribution in [0.15, 0.2) is 43.0 Å². The predicted molar refractivity (Wildman–Crippen MR) is 79.2 cm³/mol. The number of nitrogens with two attached hydrogens (primary N) is 2. The number of carbonyl (C=O) groups is 1. The molecule has 0 saturated heterocycles. The van der Waals surface area contributed by atoms with Crippen LogP contribution in [-0.4, -0.2) is 22.5 Å². The van der Waals surface area contributed by atoms with Crippen molar-refractivity contribution >= 4 is 11.9 Å². The summed E-state index contributed by atoms with van der Waals surface area (Å²) in [7, 11) is 0. The fourth-order valence-electron chi connectivity index (χ4n) is 1.68. The Morgan fingerprint density at radius 3 is 2.67 bits per heavy atom. The highest BCUT2D eigenvalue weighted by atomic mass is 16.5. The second-order valence-corrected chi connectivity index (χ2v) is 4.09. The van der Waals surface area contributed by atoms with Crippen molar-refractivity contribution in [1.29, 1.82) is 0 Å². The molecule has 1 aromatic carbocycles. The van der Waals surface area contributed by atoms with Crippen molar-refractivity contribution in [2.24, 2.45) is 5.84 Å². The summed E-state index contributed by atoms with van der Waals surface area (Å²) in [5, 5.41) is 0. The first kappa shape index (κ1) is 14.5. The zero-order valence-corrected chi connectivity index (χ0v) is 11.2. The molecule has 108 valence electrons. The van der Waals surface area contributed by atoms with E-state index in [0.717, 1.165) is 5.56 Å². The molecule has 0 unspecified atom stereocenters. The van der Waals surface area contributed by atoms with E-state index in [4.69, 9.17) is 16.3 Å². The van der Waals surface area contributed by atoms with Gasteiger partial charge in [0.25, 0.3) is 5.91 Å². The van der Waals surface area contributed by atoms with Crippen LogP contribution < -0.4 is 21.7 Å². The first-order valence-corrected chi connectivity index (χ1v) is 6.13. The summed E-state index contributed by atoms with van der Waals surface area (Å²) in [5.41, 5.74) is 9.02. The van der Waals surface area contributed by atoms with E-state index >= 15 is 0 Å². The molecule has 2 aromatic rings. The van der Waals surface area contributed by atoms with E-state index in [1.54, 1.807) is 18.2 Å². The van der Waals surface area contributed by atoms with Gasteiger partial charge in [-0.25, -0.2) is 15.8 Å². The average molecular weight is 285 g/mol. The van der Waals surface area contributed by atoms with Gasteiger partial charge in [-0.05, 0) is 30.3 Å². The molecular weight excluding hydrogens is 270 g/mol. The molecule has 1 heterocycles. The zero-order valence-electron chi connectivity index (χ0n) is 11.2. The largest absolute Gasteiger partial charge is 0.490 e. The van der Waals surface area contributed by atoms with E-state index < -0.39 is 5.91 Å². The number of hydrazine groups is 1. The fraction of sp³-hybridized carbons (Fsp3) is 0.0714. The summed E-state index contributed by atoms with van der Waals surface area (Å²) in [6, 6.07) is 8.71. The van der Waals surface area contributed by atoms with E-state index in [9.17, 15) is 4.79 Å². The maximum Gasteiger partial charge on any atom is 0.283 e. The number of nitrogens with zero attached hydrogens (tertiary/aromatic N) is 2. The molecule has 0 atom stereocenters. The highest BCUT2D eigenvalue weighted by Gasteiger charge is 2.10. The minimum Gasteiger partial charge on any atom is -0.490 e. The fourth-order valence-corrected chi connectivity index (χ4v) is 1.68. The van der Waals surface area contributed by atoms with Crippen molar-refractivity contribution in [2.45, 2.75) is 0 Å². The molecule has 21 heavy (non-hydrogen) atoms. The van der Waals surface area contributed by atoms with Gasteiger partial charge in [0, 0.05) is 5.56 Å². The van der Waals surface area contributed by atoms with Gasteiger partial charge in [0.1, 0.15) is 18.1 Å². The van der Waals surface area contributed by atoms with Gasteiger partial charge in [-0.2, -0.15) is 0 Å². The number of rotatable bonds is 5. The van der Waals surface area contributed by atoms with Crippen molar-refractivity contribution in [2.75, 3.05) is 12.3 Å². The smallest absolute Gasteiger partial charge is 0.283 e. The van der Waals surface area contributed by atoms with Crippen molar-refractivity contribution in [1.82, 2.24) is 15.4 Å². The van der Waals surface area contributed by atoms with Gasteiger partial charge in [0.15, 0.2) is 0 Å². The molecule has 0 aliphatic heterocycles. The Morgan fingerprint density at radius 1 is 1.33 bits per heavy atom. The van der Waals surface area contributed by atoms with Gasteiger partial charge in [0.05, 0.1) is 5.69 Å². The van der Waals surface area contributed by atoms with Crippen LogP contribution in [0.1, 0.15) is 10.5 Å². The number of benzene rings is 1. The summed E-state index contributed by atoms with van der Waals surface area (Å²) in [5.74, 6) is 5.26. The molecule has 1 amide bonds. The molecule has 7 heteroatoms. The lowest BCUT2D eigenvalue weighted by molar-refractivity contribution is 0.0948. The molecule has 0 aliphatic rings. The van der Waals surface area contributed by atoms with Gasteiger partial charge in [-0.1, -0.05) is 12.7 Å². The van der Waals surface area contributed by atoms with Crippen molar-refractivity contribution in [3.8, 4) is 17.0 Å². The Bertz CT molecular complexity index is 655. The summed E-state index contributed by atoms with van der Waals surface area (Å²) in [6.07, 6.45) is 1.66. The summed E-state index contributed by atoms with van der Waals surface area (Å²) >= 11 is 0. The van der Waals surface area contributed by atoms with Crippen LogP contribution in [0, 0.1) is 0 Å². The maximum atomic E-state index is 11.5. The second-order valence-electron chi connectivity index (χ2n) is 4.09. The first-order chi connectivity index (χ1) is 10.1. The lowest BCUT2D eigenvalue weighted by atomic mass is 10.1. The number of hydrogen-bond acceptors (Lipinski definition) is 6. The number of amides is 1. The van der Waals surface area contributed by atoms with Crippen molar-refractivity contribution in [3.05, 3.63) is 48.7 Å². The number of carbonyl (C=O) groups excluding carboxylic acids is 1. The summed E-state index contributed by atoms with van der Waals surface area (Å²) in [4.78, 5) is 19.4. The molecule has 1 aromatic heterocycles. The van der Waals surface area contributed by atoms with Gasteiger partial charge >= 0.3 is 0 Å². The topological polar surface area (TPSA) is 116 Å². The third-order valence-corrected chi connectivity index (χ3v) is 2.63. The molecule has 0 spiro atoms. The Hall–Kier alpha value is -2.93. The number of hydrogen-bond donors (Lipinski definition) is 3. The van der Waals surface area contributed by atoms with Crippen LogP contribution in [0.3, 0.4) is 0 Å². The third-order valence-electron chi connectivity index (χ3n) is 2.63. The standard InChI is InChI=1S/C14H15N5O2/c1-2-7-21-10-5-3-9(4-6-10)11-8-12(13(20)19-16)18-14(15)17-11/h2-6,8H,1,7,16H2,(H,19,20)(H2,15,17,18). The number of nitrogen functional groups attached to an aromatic ring is 2. The Balaban J connectivity index is 2.30. The highest BCUT2D eigenvalue weighted by molar-refractivity contribution is 5.93. The van der Waals surface area contributed by atoms with E-state index in [2.05, 4.69) is 16.5 Å². The molecule has 0 saturated carbocycles. The van der Waals surface area contributed by atoms with Gasteiger partial charge in [-0.15, -0.1) is 0 Å². The van der Waals surface area contributed by atoms with Gasteiger partial charge in [0.2, 0.25) is 5.95 Å². The first-order valence-electron chi connectivity index (χ1n) is 6.13. The maximum absolute atomic E-state index is 11.5. The van der Waals surface area contributed by atoms with E-state index in [1.165, 1.54) is 6.07 Å². The zero-order chi connectivity index (χ0) is 15.2. The van der Waals surface area contributed by atoms with Crippen molar-refractivity contribution < 1.29 is 9.53 Å². The number of ether oxygens (including phenoxy) is 1.